The van der Waals surface area contributed by atoms with Crippen LogP contribution in [0.15, 0.2) is 32.5 Å². The van der Waals surface area contributed by atoms with Crippen LogP contribution in [0, 0.1) is 0 Å². The summed E-state index contributed by atoms with van der Waals surface area (Å²) in [6.45, 7) is 12.7. The quantitative estimate of drug-likeness (QED) is 0.660. The fourth-order valence-corrected chi connectivity index (χ4v) is 1.85. The lowest BCUT2D eigenvalue weighted by Gasteiger charge is -2.14. The smallest absolute Gasteiger partial charge is 0.0451 e. The first kappa shape index (κ1) is 12.9. The second-order valence-electron chi connectivity index (χ2n) is 4.24. The predicted molar refractivity (Wildman–Crippen MR) is 72.2 cm³/mol. The summed E-state index contributed by atoms with van der Waals surface area (Å²) in [6.07, 6.45) is 1.93. The molecular formula is C14H22N2. The lowest BCUT2D eigenvalue weighted by molar-refractivity contribution is 1.11. The molecule has 1 rings (SSSR count). The fourth-order valence-electron chi connectivity index (χ4n) is 1.85. The molecule has 1 aliphatic rings. The second-order valence-corrected chi connectivity index (χ2v) is 4.24. The Balaban J connectivity index is 3.38. The van der Waals surface area contributed by atoms with E-state index < -0.39 is 0 Å². The van der Waals surface area contributed by atoms with E-state index >= 15 is 0 Å². The Morgan fingerprint density at radius 1 is 0.688 bits per heavy atom. The van der Waals surface area contributed by atoms with Gasteiger partial charge in [-0.05, 0) is 51.7 Å². The van der Waals surface area contributed by atoms with Crippen LogP contribution >= 0.6 is 0 Å². The van der Waals surface area contributed by atoms with Crippen LogP contribution in [-0.4, -0.2) is 11.4 Å². The van der Waals surface area contributed by atoms with Gasteiger partial charge in [0.2, 0.25) is 0 Å². The van der Waals surface area contributed by atoms with Gasteiger partial charge in [0.25, 0.3) is 0 Å². The van der Waals surface area contributed by atoms with Gasteiger partial charge in [0, 0.05) is 22.8 Å². The van der Waals surface area contributed by atoms with Gasteiger partial charge < -0.3 is 0 Å². The van der Waals surface area contributed by atoms with Gasteiger partial charge in [-0.15, -0.1) is 0 Å². The molecule has 0 saturated carbocycles. The molecule has 0 atom stereocenters. The third-order valence-electron chi connectivity index (χ3n) is 3.23. The number of rotatable bonds is 2. The molecule has 0 bridgehead atoms. The van der Waals surface area contributed by atoms with E-state index in [-0.39, 0.29) is 0 Å². The van der Waals surface area contributed by atoms with E-state index in [1.165, 1.54) is 11.1 Å². The van der Waals surface area contributed by atoms with E-state index in [2.05, 4.69) is 41.5 Å². The Labute approximate surface area is 98.9 Å². The molecule has 0 radical (unpaired) electrons. The van der Waals surface area contributed by atoms with Gasteiger partial charge in [0.15, 0.2) is 0 Å². The zero-order valence-electron chi connectivity index (χ0n) is 11.3. The first-order valence-corrected chi connectivity index (χ1v) is 6.02. The molecule has 0 aromatic heterocycles. The van der Waals surface area contributed by atoms with E-state index in [9.17, 15) is 0 Å². The first-order chi connectivity index (χ1) is 7.51. The Kier molecular flexibility index (Phi) is 4.22. The van der Waals surface area contributed by atoms with E-state index in [0.717, 1.165) is 35.7 Å². The average molecular weight is 218 g/mol. The highest BCUT2D eigenvalue weighted by Crippen LogP contribution is 2.20. The van der Waals surface area contributed by atoms with Crippen LogP contribution in [0.1, 0.15) is 54.4 Å². The Bertz CT molecular complexity index is 366. The number of aliphatic imine (C=N–C) groups is 2. The van der Waals surface area contributed by atoms with E-state index in [0.29, 0.717) is 0 Å². The SMILES string of the molecule is CCC1=N/C(C)=C(C)\C(CC)=N/C(C)=C\1C. The van der Waals surface area contributed by atoms with Crippen molar-refractivity contribution in [1.29, 1.82) is 0 Å². The van der Waals surface area contributed by atoms with Gasteiger partial charge in [0.1, 0.15) is 0 Å². The molecule has 0 fully saturated rings. The average Bonchev–Trinajstić information content (AvgIpc) is 2.29. The van der Waals surface area contributed by atoms with Crippen molar-refractivity contribution in [2.45, 2.75) is 54.4 Å². The van der Waals surface area contributed by atoms with Crippen molar-refractivity contribution >= 4 is 11.4 Å². The predicted octanol–water partition coefficient (Wildman–Crippen LogP) is 4.29. The monoisotopic (exact) mass is 218 g/mol. The largest absolute Gasteiger partial charge is 0.258 e. The van der Waals surface area contributed by atoms with Crippen LogP contribution in [0.5, 0.6) is 0 Å². The molecule has 1 heterocycles. The van der Waals surface area contributed by atoms with E-state index in [1.54, 1.807) is 0 Å². The third kappa shape index (κ3) is 2.49. The summed E-state index contributed by atoms with van der Waals surface area (Å²) in [5.41, 5.74) is 6.97. The van der Waals surface area contributed by atoms with Crippen LogP contribution < -0.4 is 0 Å². The Hall–Kier alpha value is -1.18. The summed E-state index contributed by atoms with van der Waals surface area (Å²) in [5.74, 6) is 0. The second kappa shape index (κ2) is 5.24. The molecule has 16 heavy (non-hydrogen) atoms. The minimum atomic E-state index is 0.963. The number of nitrogens with zero attached hydrogens (tertiary/aromatic N) is 2. The molecule has 0 amide bonds. The molecule has 0 spiro atoms. The number of hydrogen-bond donors (Lipinski definition) is 0. The van der Waals surface area contributed by atoms with Crippen molar-refractivity contribution in [3.8, 4) is 0 Å². The molecule has 0 aromatic carbocycles. The number of allylic oxidation sites excluding steroid dienone is 4. The van der Waals surface area contributed by atoms with Gasteiger partial charge in [-0.3, -0.25) is 9.98 Å². The number of hydrogen-bond acceptors (Lipinski definition) is 2. The topological polar surface area (TPSA) is 24.7 Å². The van der Waals surface area contributed by atoms with E-state index in [1.807, 2.05) is 0 Å². The molecule has 2 nitrogen and oxygen atoms in total. The van der Waals surface area contributed by atoms with E-state index in [4.69, 9.17) is 9.98 Å². The van der Waals surface area contributed by atoms with Crippen LogP contribution in [-0.2, 0) is 0 Å². The van der Waals surface area contributed by atoms with Crippen LogP contribution in [0.3, 0.4) is 0 Å². The molecule has 1 aliphatic heterocycles. The minimum Gasteiger partial charge on any atom is -0.258 e. The van der Waals surface area contributed by atoms with Gasteiger partial charge in [-0.25, -0.2) is 0 Å². The van der Waals surface area contributed by atoms with Gasteiger partial charge in [-0.2, -0.15) is 0 Å². The fraction of sp³-hybridized carbons (Fsp3) is 0.571. The van der Waals surface area contributed by atoms with Gasteiger partial charge in [0.05, 0.1) is 0 Å². The van der Waals surface area contributed by atoms with Crippen molar-refractivity contribution in [1.82, 2.24) is 0 Å². The normalized spacial score (nSPS) is 33.6. The molecule has 2 heteroatoms. The minimum absolute atomic E-state index is 0.963. The van der Waals surface area contributed by atoms with Crippen molar-refractivity contribution in [2.24, 2.45) is 9.98 Å². The first-order valence-electron chi connectivity index (χ1n) is 6.02. The molecular weight excluding hydrogens is 196 g/mol. The summed E-state index contributed by atoms with van der Waals surface area (Å²) < 4.78 is 0. The van der Waals surface area contributed by atoms with Gasteiger partial charge >= 0.3 is 0 Å². The molecule has 0 aromatic rings. The third-order valence-corrected chi connectivity index (χ3v) is 3.23. The summed E-state index contributed by atoms with van der Waals surface area (Å²) >= 11 is 0. The maximum Gasteiger partial charge on any atom is 0.0451 e. The highest BCUT2D eigenvalue weighted by molar-refractivity contribution is 6.05. The lowest BCUT2D eigenvalue weighted by Crippen LogP contribution is -2.08. The Morgan fingerprint density at radius 2 is 1.00 bits per heavy atom. The van der Waals surface area contributed by atoms with Crippen molar-refractivity contribution in [2.75, 3.05) is 0 Å². The molecule has 0 saturated heterocycles. The van der Waals surface area contributed by atoms with Crippen LogP contribution in [0.4, 0.5) is 0 Å². The highest BCUT2D eigenvalue weighted by atomic mass is 14.8. The summed E-state index contributed by atoms with van der Waals surface area (Å²) in [4.78, 5) is 9.45. The standard InChI is InChI=1S/C14H22N2/c1-7-13-9(3)11(5)16-14(8-2)10(4)12(6)15-13/h7-8H2,1-6H3/b11-9-,12-10-,13-9?,14-10?,15-12?,15-13-,16-11?,16-14-. The molecule has 0 N–H and O–H groups in total. The highest BCUT2D eigenvalue weighted by Gasteiger charge is 2.11. The van der Waals surface area contributed by atoms with Crippen molar-refractivity contribution in [3.05, 3.63) is 22.5 Å². The van der Waals surface area contributed by atoms with Crippen LogP contribution in [0.2, 0.25) is 0 Å². The summed E-state index contributed by atoms with van der Waals surface area (Å²) in [6, 6.07) is 0. The summed E-state index contributed by atoms with van der Waals surface area (Å²) in [7, 11) is 0. The van der Waals surface area contributed by atoms with Crippen molar-refractivity contribution in [3.63, 3.8) is 0 Å². The van der Waals surface area contributed by atoms with Crippen LogP contribution in [0.25, 0.3) is 0 Å². The lowest BCUT2D eigenvalue weighted by atomic mass is 10.0. The molecule has 0 aliphatic carbocycles. The molecule has 88 valence electrons. The Morgan fingerprint density at radius 3 is 1.25 bits per heavy atom. The summed E-state index contributed by atoms with van der Waals surface area (Å²) in [5, 5.41) is 0. The molecule has 0 unspecified atom stereocenters. The van der Waals surface area contributed by atoms with Gasteiger partial charge in [-0.1, -0.05) is 13.8 Å². The zero-order valence-corrected chi connectivity index (χ0v) is 11.3. The van der Waals surface area contributed by atoms with Crippen molar-refractivity contribution < 1.29 is 0 Å². The maximum atomic E-state index is 4.72. The maximum absolute atomic E-state index is 4.72. The zero-order chi connectivity index (χ0) is 12.3.